The largest absolute Gasteiger partial charge is 0.447 e. The van der Waals surface area contributed by atoms with Gasteiger partial charge in [-0.1, -0.05) is 48.9 Å². The van der Waals surface area contributed by atoms with Crippen LogP contribution in [0.2, 0.25) is 0 Å². The molecule has 0 aliphatic heterocycles. The first kappa shape index (κ1) is 20.7. The lowest BCUT2D eigenvalue weighted by atomic mass is 10.0. The van der Waals surface area contributed by atoms with E-state index >= 15 is 0 Å². The Bertz CT molecular complexity index is 643. The number of hydrogen-bond donors (Lipinski definition) is 2. The van der Waals surface area contributed by atoms with Crippen molar-refractivity contribution in [2.75, 3.05) is 0 Å². The van der Waals surface area contributed by atoms with Gasteiger partial charge in [-0.25, -0.2) is 4.98 Å². The number of halogens is 2. The highest BCUT2D eigenvalue weighted by Gasteiger charge is 2.38. The van der Waals surface area contributed by atoms with E-state index in [0.717, 1.165) is 18.0 Å². The molecule has 1 aliphatic rings. The highest BCUT2D eigenvalue weighted by atomic mass is 35.5. The molecule has 0 spiro atoms. The van der Waals surface area contributed by atoms with Crippen molar-refractivity contribution in [2.45, 2.75) is 38.9 Å². The molecule has 1 fully saturated rings. The minimum absolute atomic E-state index is 0. The van der Waals surface area contributed by atoms with E-state index in [-0.39, 0.29) is 24.8 Å². The molecule has 0 amide bonds. The van der Waals surface area contributed by atoms with Crippen LogP contribution < -0.4 is 11.1 Å². The van der Waals surface area contributed by atoms with Crippen LogP contribution in [0.25, 0.3) is 6.08 Å². The van der Waals surface area contributed by atoms with Gasteiger partial charge < -0.3 is 15.5 Å². The first-order valence-corrected chi connectivity index (χ1v) is 7.92. The second kappa shape index (κ2) is 9.84. The van der Waals surface area contributed by atoms with E-state index in [1.54, 1.807) is 6.26 Å². The highest BCUT2D eigenvalue weighted by molar-refractivity contribution is 5.85. The lowest BCUT2D eigenvalue weighted by molar-refractivity contribution is 0.464. The van der Waals surface area contributed by atoms with Crippen molar-refractivity contribution in [1.82, 2.24) is 10.3 Å². The third-order valence-electron chi connectivity index (χ3n) is 4.15. The Morgan fingerprint density at radius 2 is 2.08 bits per heavy atom. The molecule has 6 heteroatoms. The molecule has 3 rings (SSSR count). The summed E-state index contributed by atoms with van der Waals surface area (Å²) in [4.78, 5) is 4.32. The lowest BCUT2D eigenvalue weighted by Gasteiger charge is -2.05. The number of rotatable bonds is 7. The average Bonchev–Trinajstić information content (AvgIpc) is 3.18. The van der Waals surface area contributed by atoms with Gasteiger partial charge in [0.1, 0.15) is 6.26 Å². The van der Waals surface area contributed by atoms with Crippen molar-refractivity contribution >= 4 is 30.9 Å². The molecule has 3 N–H and O–H groups in total. The minimum Gasteiger partial charge on any atom is -0.447 e. The molecule has 2 aromatic rings. The third-order valence-corrected chi connectivity index (χ3v) is 4.15. The summed E-state index contributed by atoms with van der Waals surface area (Å²) < 4.78 is 5.38. The summed E-state index contributed by atoms with van der Waals surface area (Å²) in [7, 11) is 0. The fraction of sp³-hybridized carbons (Fsp3) is 0.389. The van der Waals surface area contributed by atoms with Crippen LogP contribution >= 0.6 is 24.8 Å². The zero-order valence-corrected chi connectivity index (χ0v) is 15.4. The lowest BCUT2D eigenvalue weighted by Crippen LogP contribution is -2.18. The summed E-state index contributed by atoms with van der Waals surface area (Å²) in [6, 6.07) is 11.1. The topological polar surface area (TPSA) is 64.1 Å². The van der Waals surface area contributed by atoms with E-state index in [4.69, 9.17) is 10.2 Å². The van der Waals surface area contributed by atoms with Crippen molar-refractivity contribution in [1.29, 1.82) is 0 Å². The molecular weight excluding hydrogens is 345 g/mol. The van der Waals surface area contributed by atoms with Gasteiger partial charge >= 0.3 is 0 Å². The summed E-state index contributed by atoms with van der Waals surface area (Å²) in [5.41, 5.74) is 9.14. The number of oxazole rings is 1. The van der Waals surface area contributed by atoms with Crippen molar-refractivity contribution < 1.29 is 4.42 Å². The molecule has 0 bridgehead atoms. The number of hydrogen-bond acceptors (Lipinski definition) is 4. The van der Waals surface area contributed by atoms with Crippen molar-refractivity contribution in [3.05, 3.63) is 59.3 Å². The van der Waals surface area contributed by atoms with Gasteiger partial charge in [-0.15, -0.1) is 24.8 Å². The fourth-order valence-electron chi connectivity index (χ4n) is 2.81. The van der Waals surface area contributed by atoms with E-state index in [2.05, 4.69) is 53.6 Å². The maximum absolute atomic E-state index is 5.53. The summed E-state index contributed by atoms with van der Waals surface area (Å²) >= 11 is 0. The SMILES string of the molecule is CC/C(=C\c1ccccc1)[C@@H]1C[C@H]1NCc1nc(CN)co1.Cl.Cl. The second-order valence-electron chi connectivity index (χ2n) is 5.75. The van der Waals surface area contributed by atoms with Crippen LogP contribution in [0.3, 0.4) is 0 Å². The Hall–Kier alpha value is -1.33. The first-order chi connectivity index (χ1) is 10.8. The van der Waals surface area contributed by atoms with Gasteiger partial charge in [0.2, 0.25) is 5.89 Å². The van der Waals surface area contributed by atoms with Crippen molar-refractivity contribution in [2.24, 2.45) is 11.7 Å². The van der Waals surface area contributed by atoms with Crippen LogP contribution in [0.4, 0.5) is 0 Å². The van der Waals surface area contributed by atoms with E-state index in [0.29, 0.717) is 25.0 Å². The second-order valence-corrected chi connectivity index (χ2v) is 5.75. The Morgan fingerprint density at radius 3 is 2.71 bits per heavy atom. The number of nitrogens with zero attached hydrogens (tertiary/aromatic N) is 1. The van der Waals surface area contributed by atoms with Gasteiger partial charge in [-0.05, 0) is 24.3 Å². The number of nitrogens with two attached hydrogens (primary N) is 1. The van der Waals surface area contributed by atoms with Gasteiger partial charge in [-0.2, -0.15) is 0 Å². The van der Waals surface area contributed by atoms with Crippen LogP contribution in [0, 0.1) is 5.92 Å². The molecule has 1 heterocycles. The smallest absolute Gasteiger partial charge is 0.208 e. The molecule has 0 saturated heterocycles. The van der Waals surface area contributed by atoms with Gasteiger partial charge in [0.05, 0.1) is 12.2 Å². The molecule has 4 nitrogen and oxygen atoms in total. The van der Waals surface area contributed by atoms with Crippen molar-refractivity contribution in [3.63, 3.8) is 0 Å². The molecule has 2 atom stereocenters. The fourth-order valence-corrected chi connectivity index (χ4v) is 2.81. The standard InChI is InChI=1S/C18H23N3O.2ClH/c1-2-14(8-13-6-4-3-5-7-13)16-9-17(16)20-11-18-21-15(10-19)12-22-18;;/h3-8,12,16-17,20H,2,9-11,19H2,1H3;2*1H/b14-8+;;/t16-,17+;;/m0../s1. The number of nitrogens with one attached hydrogen (secondary N) is 1. The van der Waals surface area contributed by atoms with Gasteiger partial charge in [0.15, 0.2) is 0 Å². The summed E-state index contributed by atoms with van der Waals surface area (Å²) in [6.07, 6.45) is 6.24. The van der Waals surface area contributed by atoms with Gasteiger partial charge in [0.25, 0.3) is 0 Å². The molecule has 1 saturated carbocycles. The van der Waals surface area contributed by atoms with E-state index in [1.165, 1.54) is 17.6 Å². The maximum Gasteiger partial charge on any atom is 0.208 e. The van der Waals surface area contributed by atoms with Crippen LogP contribution in [0.5, 0.6) is 0 Å². The quantitative estimate of drug-likeness (QED) is 0.775. The molecule has 1 aromatic heterocycles. The molecule has 24 heavy (non-hydrogen) atoms. The zero-order chi connectivity index (χ0) is 15.4. The van der Waals surface area contributed by atoms with Crippen molar-refractivity contribution in [3.8, 4) is 0 Å². The number of aromatic nitrogens is 1. The van der Waals surface area contributed by atoms with Crippen LogP contribution in [0.1, 0.15) is 36.9 Å². The summed E-state index contributed by atoms with van der Waals surface area (Å²) in [6.45, 7) is 3.32. The molecule has 1 aliphatic carbocycles. The number of benzene rings is 1. The Balaban J connectivity index is 0.00000144. The molecular formula is C18H25Cl2N3O. The monoisotopic (exact) mass is 369 g/mol. The highest BCUT2D eigenvalue weighted by Crippen LogP contribution is 2.39. The van der Waals surface area contributed by atoms with Gasteiger partial charge in [0, 0.05) is 12.6 Å². The minimum atomic E-state index is 0. The Kier molecular flexibility index (Phi) is 8.50. The van der Waals surface area contributed by atoms with E-state index in [9.17, 15) is 0 Å². The normalized spacial score (nSPS) is 19.3. The molecule has 132 valence electrons. The van der Waals surface area contributed by atoms with Crippen LogP contribution in [-0.4, -0.2) is 11.0 Å². The van der Waals surface area contributed by atoms with E-state index < -0.39 is 0 Å². The third kappa shape index (κ3) is 5.35. The molecule has 0 radical (unpaired) electrons. The zero-order valence-electron chi connectivity index (χ0n) is 13.8. The predicted molar refractivity (Wildman–Crippen MR) is 102 cm³/mol. The van der Waals surface area contributed by atoms with Gasteiger partial charge in [-0.3, -0.25) is 0 Å². The van der Waals surface area contributed by atoms with Crippen LogP contribution in [0.15, 0.2) is 46.6 Å². The predicted octanol–water partition coefficient (Wildman–Crippen LogP) is 3.95. The Labute approximate surface area is 155 Å². The summed E-state index contributed by atoms with van der Waals surface area (Å²) in [5, 5.41) is 3.52. The average molecular weight is 370 g/mol. The first-order valence-electron chi connectivity index (χ1n) is 7.92. The Morgan fingerprint density at radius 1 is 1.33 bits per heavy atom. The summed E-state index contributed by atoms with van der Waals surface area (Å²) in [5.74, 6) is 1.35. The molecule has 0 unspecified atom stereocenters. The maximum atomic E-state index is 5.53. The van der Waals surface area contributed by atoms with Crippen LogP contribution in [-0.2, 0) is 13.1 Å². The van der Waals surface area contributed by atoms with E-state index in [1.807, 2.05) is 0 Å². The molecule has 1 aromatic carbocycles.